The van der Waals surface area contributed by atoms with Gasteiger partial charge in [0.05, 0.1) is 25.1 Å². The molecule has 10 nitrogen and oxygen atoms in total. The first kappa shape index (κ1) is 20.1. The van der Waals surface area contributed by atoms with E-state index in [2.05, 4.69) is 25.0 Å². The van der Waals surface area contributed by atoms with E-state index in [9.17, 15) is 4.79 Å². The number of H-pyrrole nitrogens is 1. The van der Waals surface area contributed by atoms with Gasteiger partial charge in [-0.25, -0.2) is 15.0 Å². The highest BCUT2D eigenvalue weighted by molar-refractivity contribution is 5.95. The number of morpholine rings is 1. The van der Waals surface area contributed by atoms with E-state index in [1.165, 1.54) is 0 Å². The highest BCUT2D eigenvalue weighted by Gasteiger charge is 2.18. The van der Waals surface area contributed by atoms with Crippen molar-refractivity contribution in [1.29, 1.82) is 0 Å². The molecule has 10 heteroatoms. The van der Waals surface area contributed by atoms with Crippen LogP contribution in [0.25, 0.3) is 33.4 Å². The van der Waals surface area contributed by atoms with Crippen molar-refractivity contribution < 1.29 is 9.53 Å². The number of nitrogens with zero attached hydrogens (tertiary/aromatic N) is 6. The van der Waals surface area contributed by atoms with E-state index in [-0.39, 0.29) is 18.4 Å². The van der Waals surface area contributed by atoms with Gasteiger partial charge in [0.1, 0.15) is 12.2 Å². The van der Waals surface area contributed by atoms with Gasteiger partial charge in [-0.1, -0.05) is 6.92 Å². The van der Waals surface area contributed by atoms with Crippen LogP contribution in [0.4, 0.5) is 5.95 Å². The number of hydrogen-bond acceptors (Lipinski definition) is 7. The summed E-state index contributed by atoms with van der Waals surface area (Å²) in [4.78, 5) is 30.7. The SMILES string of the molecule is CCc1cc(-c2c[nH]c3ncc(-c4cnn(CC(=O)N5CCOCC5)c4)cc23)nc(N)n1. The second-order valence-electron chi connectivity index (χ2n) is 7.70. The Hall–Kier alpha value is -3.79. The van der Waals surface area contributed by atoms with Crippen molar-refractivity contribution in [1.82, 2.24) is 34.6 Å². The number of rotatable bonds is 5. The predicted molar refractivity (Wildman–Crippen MR) is 120 cm³/mol. The van der Waals surface area contributed by atoms with Gasteiger partial charge < -0.3 is 20.4 Å². The van der Waals surface area contributed by atoms with E-state index in [4.69, 9.17) is 10.5 Å². The van der Waals surface area contributed by atoms with Gasteiger partial charge in [0.2, 0.25) is 11.9 Å². The molecule has 1 saturated heterocycles. The normalized spacial score (nSPS) is 14.2. The Labute approximate surface area is 184 Å². The molecule has 5 heterocycles. The lowest BCUT2D eigenvalue weighted by Crippen LogP contribution is -2.42. The molecule has 32 heavy (non-hydrogen) atoms. The summed E-state index contributed by atoms with van der Waals surface area (Å²) in [7, 11) is 0. The lowest BCUT2D eigenvalue weighted by molar-refractivity contribution is -0.136. The Morgan fingerprint density at radius 3 is 2.84 bits per heavy atom. The van der Waals surface area contributed by atoms with Gasteiger partial charge in [-0.2, -0.15) is 5.10 Å². The van der Waals surface area contributed by atoms with Crippen molar-refractivity contribution in [3.63, 3.8) is 0 Å². The number of carbonyl (C=O) groups excluding carboxylic acids is 1. The number of aromatic amines is 1. The fraction of sp³-hybridized carbons (Fsp3) is 0.318. The summed E-state index contributed by atoms with van der Waals surface area (Å²) in [6.07, 6.45) is 8.06. The van der Waals surface area contributed by atoms with E-state index in [0.29, 0.717) is 26.3 Å². The quantitative estimate of drug-likeness (QED) is 0.493. The number of hydrogen-bond donors (Lipinski definition) is 2. The predicted octanol–water partition coefficient (Wildman–Crippen LogP) is 1.89. The molecule has 0 spiro atoms. The second-order valence-corrected chi connectivity index (χ2v) is 7.70. The van der Waals surface area contributed by atoms with Crippen LogP contribution in [0.15, 0.2) is 36.9 Å². The van der Waals surface area contributed by atoms with Gasteiger partial charge in [-0.05, 0) is 18.6 Å². The zero-order chi connectivity index (χ0) is 22.1. The Balaban J connectivity index is 1.43. The van der Waals surface area contributed by atoms with E-state index in [1.54, 1.807) is 17.1 Å². The van der Waals surface area contributed by atoms with Crippen LogP contribution in [0.2, 0.25) is 0 Å². The molecule has 0 saturated carbocycles. The number of nitrogens with one attached hydrogen (secondary N) is 1. The van der Waals surface area contributed by atoms with Crippen LogP contribution in [0.5, 0.6) is 0 Å². The number of pyridine rings is 1. The minimum absolute atomic E-state index is 0.0394. The largest absolute Gasteiger partial charge is 0.378 e. The van der Waals surface area contributed by atoms with Crippen LogP contribution < -0.4 is 5.73 Å². The molecule has 0 bridgehead atoms. The topological polar surface area (TPSA) is 128 Å². The van der Waals surface area contributed by atoms with Crippen molar-refractivity contribution in [2.24, 2.45) is 0 Å². The molecule has 0 radical (unpaired) electrons. The molecular weight excluding hydrogens is 408 g/mol. The number of ether oxygens (including phenoxy) is 1. The van der Waals surface area contributed by atoms with Crippen LogP contribution in [0, 0.1) is 0 Å². The van der Waals surface area contributed by atoms with Crippen molar-refractivity contribution >= 4 is 22.9 Å². The third kappa shape index (κ3) is 3.92. The second kappa shape index (κ2) is 8.39. The molecule has 164 valence electrons. The number of aromatic nitrogens is 6. The first-order valence-electron chi connectivity index (χ1n) is 10.6. The fourth-order valence-electron chi connectivity index (χ4n) is 3.86. The number of fused-ring (bicyclic) bond motifs is 1. The smallest absolute Gasteiger partial charge is 0.244 e. The van der Waals surface area contributed by atoms with Crippen LogP contribution >= 0.6 is 0 Å². The van der Waals surface area contributed by atoms with Crippen molar-refractivity contribution in [2.75, 3.05) is 32.0 Å². The van der Waals surface area contributed by atoms with E-state index in [0.717, 1.165) is 45.5 Å². The highest BCUT2D eigenvalue weighted by Crippen LogP contribution is 2.30. The van der Waals surface area contributed by atoms with Crippen LogP contribution in [-0.2, 0) is 22.5 Å². The van der Waals surface area contributed by atoms with E-state index in [1.807, 2.05) is 36.4 Å². The third-order valence-corrected chi connectivity index (χ3v) is 5.59. The highest BCUT2D eigenvalue weighted by atomic mass is 16.5. The Bertz CT molecular complexity index is 1270. The first-order valence-corrected chi connectivity index (χ1v) is 10.6. The number of anilines is 1. The molecule has 1 amide bonds. The first-order chi connectivity index (χ1) is 15.6. The van der Waals surface area contributed by atoms with Gasteiger partial charge in [0.15, 0.2) is 0 Å². The van der Waals surface area contributed by atoms with Gasteiger partial charge >= 0.3 is 0 Å². The molecule has 1 aliphatic heterocycles. The lowest BCUT2D eigenvalue weighted by atomic mass is 10.1. The maximum atomic E-state index is 12.5. The summed E-state index contributed by atoms with van der Waals surface area (Å²) in [6, 6.07) is 3.99. The van der Waals surface area contributed by atoms with Crippen LogP contribution in [0.1, 0.15) is 12.6 Å². The molecule has 0 unspecified atom stereocenters. The number of nitrogen functional groups attached to an aromatic ring is 1. The van der Waals surface area contributed by atoms with Crippen molar-refractivity contribution in [3.05, 3.63) is 42.6 Å². The minimum atomic E-state index is 0.0394. The molecule has 1 aliphatic rings. The minimum Gasteiger partial charge on any atom is -0.378 e. The summed E-state index contributed by atoms with van der Waals surface area (Å²) in [6.45, 7) is 4.64. The summed E-state index contributed by atoms with van der Waals surface area (Å²) in [5.74, 6) is 0.293. The maximum Gasteiger partial charge on any atom is 0.244 e. The lowest BCUT2D eigenvalue weighted by Gasteiger charge is -2.26. The zero-order valence-electron chi connectivity index (χ0n) is 17.8. The standard InChI is InChI=1S/C22H24N8O2/c1-2-16-8-19(28-22(23)27-16)18-11-25-21-17(18)7-14(9-24-21)15-10-26-30(12-15)13-20(31)29-3-5-32-6-4-29/h7-12H,2-6,13H2,1H3,(H,24,25)(H2,23,27,28). The van der Waals surface area contributed by atoms with Crippen molar-refractivity contribution in [2.45, 2.75) is 19.9 Å². The molecule has 0 aliphatic carbocycles. The summed E-state index contributed by atoms with van der Waals surface area (Å²) >= 11 is 0. The molecule has 4 aromatic rings. The molecule has 0 aromatic carbocycles. The molecule has 0 atom stereocenters. The zero-order valence-corrected chi connectivity index (χ0v) is 17.8. The molecule has 4 aromatic heterocycles. The molecular formula is C22H24N8O2. The van der Waals surface area contributed by atoms with Gasteiger partial charge in [-0.15, -0.1) is 0 Å². The third-order valence-electron chi connectivity index (χ3n) is 5.59. The van der Waals surface area contributed by atoms with Crippen LogP contribution in [0.3, 0.4) is 0 Å². The van der Waals surface area contributed by atoms with Gasteiger partial charge in [-0.3, -0.25) is 9.48 Å². The van der Waals surface area contributed by atoms with Gasteiger partial charge in [0, 0.05) is 59.5 Å². The summed E-state index contributed by atoms with van der Waals surface area (Å²) in [5, 5.41) is 5.31. The van der Waals surface area contributed by atoms with E-state index < -0.39 is 0 Å². The number of amides is 1. The van der Waals surface area contributed by atoms with Crippen LogP contribution in [-0.4, -0.2) is 66.8 Å². The number of aryl methyl sites for hydroxylation is 1. The van der Waals surface area contributed by atoms with Crippen molar-refractivity contribution in [3.8, 4) is 22.4 Å². The fourth-order valence-corrected chi connectivity index (χ4v) is 3.86. The average Bonchev–Trinajstić information content (AvgIpc) is 3.45. The summed E-state index contributed by atoms with van der Waals surface area (Å²) < 4.78 is 6.97. The molecule has 1 fully saturated rings. The number of carbonyl (C=O) groups is 1. The summed E-state index contributed by atoms with van der Waals surface area (Å²) in [5.41, 5.74) is 11.0. The van der Waals surface area contributed by atoms with Gasteiger partial charge in [0.25, 0.3) is 0 Å². The Morgan fingerprint density at radius 1 is 1.19 bits per heavy atom. The van der Waals surface area contributed by atoms with E-state index >= 15 is 0 Å². The monoisotopic (exact) mass is 432 g/mol. The Morgan fingerprint density at radius 2 is 2.03 bits per heavy atom. The number of nitrogens with two attached hydrogens (primary N) is 1. The molecule has 5 rings (SSSR count). The average molecular weight is 432 g/mol. The maximum absolute atomic E-state index is 12.5. The Kier molecular flexibility index (Phi) is 5.28. The molecule has 3 N–H and O–H groups in total.